The third kappa shape index (κ3) is 3.20. The van der Waals surface area contributed by atoms with Crippen LogP contribution in [0.3, 0.4) is 0 Å². The lowest BCUT2D eigenvalue weighted by molar-refractivity contribution is 0.317. The number of nitrogens with one attached hydrogen (secondary N) is 1. The van der Waals surface area contributed by atoms with E-state index in [1.165, 1.54) is 32.1 Å². The Morgan fingerprint density at radius 3 is 2.84 bits per heavy atom. The van der Waals surface area contributed by atoms with Gasteiger partial charge in [0.05, 0.1) is 18.4 Å². The van der Waals surface area contributed by atoms with Crippen LogP contribution in [0, 0.1) is 17.2 Å². The van der Waals surface area contributed by atoms with Crippen molar-refractivity contribution >= 4 is 5.69 Å². The molecule has 2 unspecified atom stereocenters. The molecule has 0 aromatic heterocycles. The summed E-state index contributed by atoms with van der Waals surface area (Å²) in [5.74, 6) is 1.51. The Morgan fingerprint density at radius 2 is 2.16 bits per heavy atom. The fourth-order valence-electron chi connectivity index (χ4n) is 2.95. The Morgan fingerprint density at radius 1 is 1.37 bits per heavy atom. The molecule has 2 rings (SSSR count). The summed E-state index contributed by atoms with van der Waals surface area (Å²) < 4.78 is 5.25. The van der Waals surface area contributed by atoms with Crippen molar-refractivity contribution in [2.45, 2.75) is 45.1 Å². The first-order valence-electron chi connectivity index (χ1n) is 7.13. The highest BCUT2D eigenvalue weighted by atomic mass is 16.5. The first kappa shape index (κ1) is 13.7. The van der Waals surface area contributed by atoms with Crippen LogP contribution in [-0.4, -0.2) is 13.2 Å². The van der Waals surface area contributed by atoms with Gasteiger partial charge in [-0.2, -0.15) is 5.26 Å². The molecular weight excluding hydrogens is 236 g/mol. The molecule has 1 aliphatic carbocycles. The third-order valence-electron chi connectivity index (χ3n) is 4.12. The molecule has 1 aromatic rings. The van der Waals surface area contributed by atoms with Crippen molar-refractivity contribution in [3.05, 3.63) is 23.8 Å². The number of ether oxygens (including phenoxy) is 1. The van der Waals surface area contributed by atoms with Gasteiger partial charge in [-0.1, -0.05) is 26.2 Å². The molecule has 0 aliphatic heterocycles. The van der Waals surface area contributed by atoms with E-state index in [4.69, 9.17) is 4.74 Å². The van der Waals surface area contributed by atoms with Crippen LogP contribution >= 0.6 is 0 Å². The maximum Gasteiger partial charge on any atom is 0.121 e. The maximum atomic E-state index is 9.20. The van der Waals surface area contributed by atoms with Gasteiger partial charge >= 0.3 is 0 Å². The van der Waals surface area contributed by atoms with Gasteiger partial charge in [-0.25, -0.2) is 0 Å². The largest absolute Gasteiger partial charge is 0.497 e. The van der Waals surface area contributed by atoms with E-state index in [1.807, 2.05) is 18.2 Å². The minimum absolute atomic E-state index is 0.484. The highest BCUT2D eigenvalue weighted by Crippen LogP contribution is 2.31. The first-order valence-corrected chi connectivity index (χ1v) is 7.13. The lowest BCUT2D eigenvalue weighted by Gasteiger charge is -2.32. The van der Waals surface area contributed by atoms with Gasteiger partial charge in [0.25, 0.3) is 0 Å². The SMILES string of the molecule is CCC1CCCCC1Nc1cc(OC)ccc1C#N. The molecule has 0 bridgehead atoms. The van der Waals surface area contributed by atoms with Crippen LogP contribution in [0.15, 0.2) is 18.2 Å². The average Bonchev–Trinajstić information content (AvgIpc) is 2.47. The monoisotopic (exact) mass is 258 g/mol. The van der Waals surface area contributed by atoms with E-state index in [0.717, 1.165) is 11.4 Å². The molecular formula is C16H22N2O. The second-order valence-corrected chi connectivity index (χ2v) is 5.23. The summed E-state index contributed by atoms with van der Waals surface area (Å²) in [6.07, 6.45) is 6.30. The van der Waals surface area contributed by atoms with Gasteiger partial charge < -0.3 is 10.1 Å². The lowest BCUT2D eigenvalue weighted by atomic mass is 9.82. The average molecular weight is 258 g/mol. The number of nitriles is 1. The number of anilines is 1. The van der Waals surface area contributed by atoms with Crippen molar-refractivity contribution in [1.82, 2.24) is 0 Å². The van der Waals surface area contributed by atoms with Crippen LogP contribution in [0.5, 0.6) is 5.75 Å². The number of nitrogens with zero attached hydrogens (tertiary/aromatic N) is 1. The van der Waals surface area contributed by atoms with Gasteiger partial charge in [0.1, 0.15) is 11.8 Å². The molecule has 2 atom stereocenters. The molecule has 3 nitrogen and oxygen atoms in total. The van der Waals surface area contributed by atoms with E-state index in [1.54, 1.807) is 7.11 Å². The molecule has 19 heavy (non-hydrogen) atoms. The Kier molecular flexibility index (Phi) is 4.68. The molecule has 0 saturated heterocycles. The van der Waals surface area contributed by atoms with Crippen molar-refractivity contribution in [1.29, 1.82) is 5.26 Å². The third-order valence-corrected chi connectivity index (χ3v) is 4.12. The van der Waals surface area contributed by atoms with Gasteiger partial charge in [0.2, 0.25) is 0 Å². The number of hydrogen-bond acceptors (Lipinski definition) is 3. The molecule has 0 heterocycles. The highest BCUT2D eigenvalue weighted by Gasteiger charge is 2.24. The first-order chi connectivity index (χ1) is 9.28. The van der Waals surface area contributed by atoms with Gasteiger partial charge in [-0.3, -0.25) is 0 Å². The predicted molar refractivity (Wildman–Crippen MR) is 77.4 cm³/mol. The molecule has 1 aliphatic rings. The minimum Gasteiger partial charge on any atom is -0.497 e. The summed E-state index contributed by atoms with van der Waals surface area (Å²) >= 11 is 0. The van der Waals surface area contributed by atoms with Crippen LogP contribution in [-0.2, 0) is 0 Å². The molecule has 1 N–H and O–H groups in total. The van der Waals surface area contributed by atoms with Crippen LogP contribution in [0.25, 0.3) is 0 Å². The fraction of sp³-hybridized carbons (Fsp3) is 0.562. The van der Waals surface area contributed by atoms with Crippen molar-refractivity contribution in [3.8, 4) is 11.8 Å². The lowest BCUT2D eigenvalue weighted by Crippen LogP contribution is -2.32. The Bertz CT molecular complexity index is 464. The van der Waals surface area contributed by atoms with E-state index in [9.17, 15) is 5.26 Å². The number of rotatable bonds is 4. The van der Waals surface area contributed by atoms with Crippen LogP contribution in [0.2, 0.25) is 0 Å². The zero-order valence-electron chi connectivity index (χ0n) is 11.8. The summed E-state index contributed by atoms with van der Waals surface area (Å²) in [4.78, 5) is 0. The zero-order chi connectivity index (χ0) is 13.7. The van der Waals surface area contributed by atoms with Gasteiger partial charge in [-0.15, -0.1) is 0 Å². The van der Waals surface area contributed by atoms with Crippen molar-refractivity contribution < 1.29 is 4.74 Å². The molecule has 1 aromatic carbocycles. The standard InChI is InChI=1S/C16H22N2O/c1-3-12-6-4-5-7-15(12)18-16-10-14(19-2)9-8-13(16)11-17/h8-10,12,15,18H,3-7H2,1-2H3. The Labute approximate surface area is 115 Å². The van der Waals surface area contributed by atoms with Crippen molar-refractivity contribution in [3.63, 3.8) is 0 Å². The van der Waals surface area contributed by atoms with Crippen molar-refractivity contribution in [2.75, 3.05) is 12.4 Å². The van der Waals surface area contributed by atoms with E-state index < -0.39 is 0 Å². The van der Waals surface area contributed by atoms with E-state index in [0.29, 0.717) is 17.5 Å². The molecule has 1 fully saturated rings. The summed E-state index contributed by atoms with van der Waals surface area (Å²) in [5, 5.41) is 12.8. The molecule has 0 radical (unpaired) electrons. The number of benzene rings is 1. The van der Waals surface area contributed by atoms with Crippen LogP contribution in [0.4, 0.5) is 5.69 Å². The predicted octanol–water partition coefficient (Wildman–Crippen LogP) is 3.95. The number of methoxy groups -OCH3 is 1. The van der Waals surface area contributed by atoms with Crippen LogP contribution in [0.1, 0.15) is 44.6 Å². The van der Waals surface area contributed by atoms with Gasteiger partial charge in [0, 0.05) is 12.1 Å². The highest BCUT2D eigenvalue weighted by molar-refractivity contribution is 5.61. The molecule has 0 spiro atoms. The van der Waals surface area contributed by atoms with Crippen LogP contribution < -0.4 is 10.1 Å². The topological polar surface area (TPSA) is 45.0 Å². The molecule has 1 saturated carbocycles. The second-order valence-electron chi connectivity index (χ2n) is 5.23. The zero-order valence-corrected chi connectivity index (χ0v) is 11.8. The van der Waals surface area contributed by atoms with E-state index >= 15 is 0 Å². The molecule has 102 valence electrons. The second kappa shape index (κ2) is 6.47. The summed E-state index contributed by atoms with van der Waals surface area (Å²) in [6.45, 7) is 2.25. The Hall–Kier alpha value is -1.69. The fourth-order valence-corrected chi connectivity index (χ4v) is 2.95. The molecule has 0 amide bonds. The summed E-state index contributed by atoms with van der Waals surface area (Å²) in [6, 6.07) is 8.33. The van der Waals surface area contributed by atoms with Crippen molar-refractivity contribution in [2.24, 2.45) is 5.92 Å². The molecule has 3 heteroatoms. The van der Waals surface area contributed by atoms with E-state index in [-0.39, 0.29) is 0 Å². The quantitative estimate of drug-likeness (QED) is 0.889. The Balaban J connectivity index is 2.19. The minimum atomic E-state index is 0.484. The number of hydrogen-bond donors (Lipinski definition) is 1. The maximum absolute atomic E-state index is 9.20. The summed E-state index contributed by atoms with van der Waals surface area (Å²) in [7, 11) is 1.65. The van der Waals surface area contributed by atoms with Gasteiger partial charge in [0.15, 0.2) is 0 Å². The normalized spacial score (nSPS) is 22.6. The van der Waals surface area contributed by atoms with Gasteiger partial charge in [-0.05, 0) is 30.9 Å². The smallest absolute Gasteiger partial charge is 0.121 e. The van der Waals surface area contributed by atoms with E-state index in [2.05, 4.69) is 18.3 Å². The summed E-state index contributed by atoms with van der Waals surface area (Å²) in [5.41, 5.74) is 1.61.